The molecule has 2 atom stereocenters. The monoisotopic (exact) mass is 566 g/mol. The molecule has 5 aromatic rings. The summed E-state index contributed by atoms with van der Waals surface area (Å²) < 4.78 is 3.76. The molecular formula is C31H34N8O3. The van der Waals surface area contributed by atoms with Crippen molar-refractivity contribution in [1.82, 2.24) is 34.7 Å². The lowest BCUT2D eigenvalue weighted by Crippen LogP contribution is -2.47. The molecule has 42 heavy (non-hydrogen) atoms. The number of H-pyrrole nitrogens is 1. The van der Waals surface area contributed by atoms with Gasteiger partial charge >= 0.3 is 6.09 Å². The molecule has 11 nitrogen and oxygen atoms in total. The van der Waals surface area contributed by atoms with Crippen LogP contribution in [0.25, 0.3) is 28.0 Å². The Balaban J connectivity index is 1.12. The van der Waals surface area contributed by atoms with Gasteiger partial charge in [-0.2, -0.15) is 5.10 Å². The largest absolute Gasteiger partial charge is 0.465 e. The fourth-order valence-corrected chi connectivity index (χ4v) is 5.82. The van der Waals surface area contributed by atoms with Crippen molar-refractivity contribution in [2.45, 2.75) is 52.1 Å². The third kappa shape index (κ3) is 5.37. The summed E-state index contributed by atoms with van der Waals surface area (Å²) in [5.74, 6) is -0.216. The number of rotatable bonds is 5. The van der Waals surface area contributed by atoms with Gasteiger partial charge in [0.15, 0.2) is 0 Å². The van der Waals surface area contributed by atoms with E-state index in [1.807, 2.05) is 61.1 Å². The van der Waals surface area contributed by atoms with Gasteiger partial charge in [-0.15, -0.1) is 5.10 Å². The van der Waals surface area contributed by atoms with Gasteiger partial charge in [0, 0.05) is 42.0 Å². The maximum atomic E-state index is 13.0. The van der Waals surface area contributed by atoms with Gasteiger partial charge in [0.2, 0.25) is 0 Å². The molecule has 11 heteroatoms. The normalized spacial score (nSPS) is 17.7. The molecule has 2 amide bonds. The lowest BCUT2D eigenvalue weighted by Gasteiger charge is -2.38. The van der Waals surface area contributed by atoms with Gasteiger partial charge in [-0.1, -0.05) is 44.2 Å². The van der Waals surface area contributed by atoms with Crippen molar-refractivity contribution in [3.63, 3.8) is 0 Å². The van der Waals surface area contributed by atoms with Gasteiger partial charge in [-0.3, -0.25) is 9.89 Å². The average Bonchev–Trinajstić information content (AvgIpc) is 3.69. The summed E-state index contributed by atoms with van der Waals surface area (Å²) in [6.45, 7) is 6.80. The minimum atomic E-state index is -0.863. The Bertz CT molecular complexity index is 1730. The summed E-state index contributed by atoms with van der Waals surface area (Å²) in [6, 6.07) is 17.0. The number of likely N-dealkylation sites (tertiary alicyclic amines) is 1. The summed E-state index contributed by atoms with van der Waals surface area (Å²) in [5.41, 5.74) is 4.12. The number of fused-ring (bicyclic) bond motifs is 1. The topological polar surface area (TPSA) is 134 Å². The van der Waals surface area contributed by atoms with Crippen LogP contribution in [0.4, 0.5) is 10.5 Å². The van der Waals surface area contributed by atoms with Crippen molar-refractivity contribution in [1.29, 1.82) is 0 Å². The second-order valence-corrected chi connectivity index (χ2v) is 11.9. The number of para-hydroxylation sites is 1. The fraction of sp³-hybridized carbons (Fsp3) is 0.323. The maximum Gasteiger partial charge on any atom is 0.407 e. The van der Waals surface area contributed by atoms with Gasteiger partial charge in [0.25, 0.3) is 5.91 Å². The van der Waals surface area contributed by atoms with E-state index in [4.69, 9.17) is 0 Å². The molecule has 1 saturated heterocycles. The van der Waals surface area contributed by atoms with E-state index < -0.39 is 6.09 Å². The number of carboxylic acid groups (broad SMARTS) is 1. The van der Waals surface area contributed by atoms with Gasteiger partial charge in [0.1, 0.15) is 11.4 Å². The molecule has 4 heterocycles. The van der Waals surface area contributed by atoms with E-state index in [1.165, 1.54) is 0 Å². The van der Waals surface area contributed by atoms with Crippen LogP contribution in [0.1, 0.15) is 56.4 Å². The highest BCUT2D eigenvalue weighted by Gasteiger charge is 2.37. The second kappa shape index (κ2) is 10.8. The van der Waals surface area contributed by atoms with Gasteiger partial charge in [0.05, 0.1) is 23.1 Å². The van der Waals surface area contributed by atoms with Crippen LogP contribution in [0.5, 0.6) is 0 Å². The molecule has 0 radical (unpaired) electrons. The Morgan fingerprint density at radius 3 is 2.60 bits per heavy atom. The lowest BCUT2D eigenvalue weighted by atomic mass is 9.82. The average molecular weight is 567 g/mol. The molecule has 0 saturated carbocycles. The first-order chi connectivity index (χ1) is 20.2. The lowest BCUT2D eigenvalue weighted by molar-refractivity contribution is 0.0795. The number of aromatic amines is 1. The predicted molar refractivity (Wildman–Crippen MR) is 160 cm³/mol. The third-order valence-electron chi connectivity index (χ3n) is 8.05. The number of carbonyl (C=O) groups is 2. The SMILES string of the molecule is CC(C)(C)C1CC(n2ccc(NC(=O)c3ccc(-n4cc(-c5n[nH]c6ccccc56)nn4)cc3)c2)CCCN1C(=O)O. The van der Waals surface area contributed by atoms with Crippen LogP contribution in [0.15, 0.2) is 73.2 Å². The Labute approximate surface area is 243 Å². The molecule has 0 bridgehead atoms. The number of nitrogens with zero attached hydrogens (tertiary/aromatic N) is 6. The second-order valence-electron chi connectivity index (χ2n) is 11.9. The summed E-state index contributed by atoms with van der Waals surface area (Å²) >= 11 is 0. The number of benzene rings is 2. The molecule has 6 rings (SSSR count). The van der Waals surface area contributed by atoms with Crippen LogP contribution in [0.3, 0.4) is 0 Å². The molecule has 1 fully saturated rings. The number of anilines is 1. The number of hydrogen-bond acceptors (Lipinski definition) is 5. The fourth-order valence-electron chi connectivity index (χ4n) is 5.82. The summed E-state index contributed by atoms with van der Waals surface area (Å²) in [5, 5.41) is 29.7. The number of nitrogens with one attached hydrogen (secondary N) is 2. The van der Waals surface area contributed by atoms with Crippen molar-refractivity contribution in [3.8, 4) is 17.1 Å². The van der Waals surface area contributed by atoms with Gasteiger partial charge in [-0.25, -0.2) is 9.48 Å². The zero-order valence-electron chi connectivity index (χ0n) is 23.9. The van der Waals surface area contributed by atoms with Crippen LogP contribution >= 0.6 is 0 Å². The first kappa shape index (κ1) is 27.3. The molecule has 0 aliphatic carbocycles. The first-order valence-corrected chi connectivity index (χ1v) is 14.1. The minimum Gasteiger partial charge on any atom is -0.465 e. The third-order valence-corrected chi connectivity index (χ3v) is 8.05. The molecule has 1 aliphatic heterocycles. The van der Waals surface area contributed by atoms with Gasteiger partial charge in [-0.05, 0) is 61.1 Å². The molecular weight excluding hydrogens is 532 g/mol. The van der Waals surface area contributed by atoms with Gasteiger partial charge < -0.3 is 19.9 Å². The molecule has 3 N–H and O–H groups in total. The quantitative estimate of drug-likeness (QED) is 0.239. The van der Waals surface area contributed by atoms with Crippen LogP contribution in [0.2, 0.25) is 0 Å². The summed E-state index contributed by atoms with van der Waals surface area (Å²) in [4.78, 5) is 26.6. The van der Waals surface area contributed by atoms with E-state index in [2.05, 4.69) is 51.2 Å². The van der Waals surface area contributed by atoms with Crippen molar-refractivity contribution < 1.29 is 14.7 Å². The Morgan fingerprint density at radius 1 is 1.05 bits per heavy atom. The maximum absolute atomic E-state index is 13.0. The first-order valence-electron chi connectivity index (χ1n) is 14.1. The molecule has 2 aromatic carbocycles. The van der Waals surface area contributed by atoms with E-state index >= 15 is 0 Å². The molecule has 0 spiro atoms. The van der Waals surface area contributed by atoms with E-state index in [9.17, 15) is 14.7 Å². The smallest absolute Gasteiger partial charge is 0.407 e. The summed E-state index contributed by atoms with van der Waals surface area (Å²) in [7, 11) is 0. The standard InChI is InChI=1S/C31H34N8O3/c1-31(2,3)27-17-23(7-6-15-38(27)30(41)42)37-16-14-21(18-37)32-29(40)20-10-12-22(13-11-20)39-19-26(34-36-39)28-24-8-4-5-9-25(24)33-35-28/h4-5,8-14,16,18-19,23,27H,6-7,15,17H2,1-3H3,(H,32,40)(H,33,35)(H,41,42). The highest BCUT2D eigenvalue weighted by molar-refractivity contribution is 6.04. The Hall–Kier alpha value is -4.93. The van der Waals surface area contributed by atoms with E-state index in [0.717, 1.165) is 41.5 Å². The van der Waals surface area contributed by atoms with Crippen molar-refractivity contribution in [3.05, 3.63) is 78.8 Å². The highest BCUT2D eigenvalue weighted by Crippen LogP contribution is 2.36. The zero-order chi connectivity index (χ0) is 29.4. The Morgan fingerprint density at radius 2 is 1.83 bits per heavy atom. The van der Waals surface area contributed by atoms with Crippen LogP contribution in [-0.4, -0.2) is 64.4 Å². The van der Waals surface area contributed by atoms with Crippen LogP contribution < -0.4 is 5.32 Å². The van der Waals surface area contributed by atoms with E-state index in [0.29, 0.717) is 23.5 Å². The molecule has 1 aliphatic rings. The van der Waals surface area contributed by atoms with E-state index in [1.54, 1.807) is 21.7 Å². The van der Waals surface area contributed by atoms with Crippen molar-refractivity contribution in [2.24, 2.45) is 5.41 Å². The summed E-state index contributed by atoms with van der Waals surface area (Å²) in [6.07, 6.45) is 7.24. The number of hydrogen-bond donors (Lipinski definition) is 3. The Kier molecular flexibility index (Phi) is 7.01. The molecule has 3 aromatic heterocycles. The van der Waals surface area contributed by atoms with E-state index in [-0.39, 0.29) is 23.4 Å². The number of aromatic nitrogens is 6. The number of carbonyl (C=O) groups excluding carboxylic acids is 1. The van der Waals surface area contributed by atoms with Crippen LogP contribution in [-0.2, 0) is 0 Å². The van der Waals surface area contributed by atoms with Crippen molar-refractivity contribution >= 4 is 28.6 Å². The number of amides is 2. The highest BCUT2D eigenvalue weighted by atomic mass is 16.4. The molecule has 216 valence electrons. The predicted octanol–water partition coefficient (Wildman–Crippen LogP) is 5.98. The minimum absolute atomic E-state index is 0.0962. The van der Waals surface area contributed by atoms with Crippen LogP contribution in [0, 0.1) is 5.41 Å². The molecule has 2 unspecified atom stereocenters. The van der Waals surface area contributed by atoms with Crippen molar-refractivity contribution in [2.75, 3.05) is 11.9 Å². The zero-order valence-corrected chi connectivity index (χ0v) is 23.9.